The molecule has 0 radical (unpaired) electrons. The lowest BCUT2D eigenvalue weighted by atomic mass is 10.3. The van der Waals surface area contributed by atoms with E-state index < -0.39 is 5.91 Å². The molecule has 2 aromatic rings. The first-order valence-electron chi connectivity index (χ1n) is 5.65. The number of pyridine rings is 1. The Morgan fingerprint density at radius 2 is 2.00 bits per heavy atom. The summed E-state index contributed by atoms with van der Waals surface area (Å²) in [6, 6.07) is 1.76. The van der Waals surface area contributed by atoms with Crippen molar-refractivity contribution in [3.8, 4) is 0 Å². The molecule has 0 bridgehead atoms. The van der Waals surface area contributed by atoms with Crippen LogP contribution in [-0.4, -0.2) is 24.6 Å². The summed E-state index contributed by atoms with van der Waals surface area (Å²) in [5.41, 5.74) is 6.12. The highest BCUT2D eigenvalue weighted by atomic mass is 32.1. The number of anilines is 1. The normalized spacial score (nSPS) is 8.72. The molecule has 0 saturated heterocycles. The average molecular weight is 285 g/mol. The van der Waals surface area contributed by atoms with Crippen molar-refractivity contribution in [2.45, 2.75) is 13.8 Å². The number of nitrogens with one attached hydrogen (secondary N) is 1. The standard InChI is InChI=1S/C9H9N3OS.C2H6.CH5P/c1-11-6-4-12-3-5-2-7(9(10)13)14-8(5)6;2*1-2/h2-4,11H,1H3,(H2,10,13);1-2H3;2H2,1H3. The third kappa shape index (κ3) is 3.93. The zero-order valence-corrected chi connectivity index (χ0v) is 13.1. The molecule has 0 spiro atoms. The second-order valence-electron chi connectivity index (χ2n) is 2.83. The van der Waals surface area contributed by atoms with Crippen molar-refractivity contribution in [2.24, 2.45) is 5.73 Å². The first kappa shape index (κ1) is 16.8. The topological polar surface area (TPSA) is 68.0 Å². The lowest BCUT2D eigenvalue weighted by Crippen LogP contribution is -2.07. The molecule has 0 aliphatic heterocycles. The molecule has 0 aliphatic carbocycles. The van der Waals surface area contributed by atoms with Gasteiger partial charge in [-0.1, -0.05) is 20.5 Å². The molecule has 0 aliphatic rings. The molecular formula is C12H20N3OPS. The van der Waals surface area contributed by atoms with Gasteiger partial charge in [0.2, 0.25) is 0 Å². The van der Waals surface area contributed by atoms with Gasteiger partial charge in [-0.15, -0.1) is 20.6 Å². The Morgan fingerprint density at radius 1 is 1.39 bits per heavy atom. The number of primary amides is 1. The summed E-state index contributed by atoms with van der Waals surface area (Å²) in [5.74, 6) is -0.395. The molecule has 0 fully saturated rings. The van der Waals surface area contributed by atoms with Crippen molar-refractivity contribution < 1.29 is 4.79 Å². The monoisotopic (exact) mass is 285 g/mol. The molecule has 4 nitrogen and oxygen atoms in total. The second-order valence-corrected chi connectivity index (χ2v) is 3.88. The third-order valence-corrected chi connectivity index (χ3v) is 3.13. The molecule has 1 unspecified atom stereocenters. The largest absolute Gasteiger partial charge is 0.386 e. The molecule has 18 heavy (non-hydrogen) atoms. The minimum absolute atomic E-state index is 0.395. The first-order chi connectivity index (χ1) is 8.72. The van der Waals surface area contributed by atoms with Crippen LogP contribution >= 0.6 is 20.6 Å². The van der Waals surface area contributed by atoms with E-state index in [-0.39, 0.29) is 0 Å². The Labute approximate surface area is 114 Å². The van der Waals surface area contributed by atoms with E-state index in [1.165, 1.54) is 11.3 Å². The summed E-state index contributed by atoms with van der Waals surface area (Å²) < 4.78 is 1.01. The van der Waals surface area contributed by atoms with Crippen LogP contribution < -0.4 is 11.1 Å². The van der Waals surface area contributed by atoms with E-state index in [1.54, 1.807) is 18.5 Å². The molecule has 6 heteroatoms. The van der Waals surface area contributed by atoms with Gasteiger partial charge >= 0.3 is 0 Å². The predicted molar refractivity (Wildman–Crippen MR) is 84.7 cm³/mol. The number of hydrogen-bond acceptors (Lipinski definition) is 4. The Balaban J connectivity index is 0.000000659. The fraction of sp³-hybridized carbons (Fsp3) is 0.333. The van der Waals surface area contributed by atoms with E-state index in [4.69, 9.17) is 5.73 Å². The fourth-order valence-electron chi connectivity index (χ4n) is 1.26. The van der Waals surface area contributed by atoms with Gasteiger partial charge in [0.25, 0.3) is 5.91 Å². The van der Waals surface area contributed by atoms with E-state index in [0.717, 1.165) is 15.8 Å². The molecule has 2 heterocycles. The molecule has 3 N–H and O–H groups in total. The van der Waals surface area contributed by atoms with Crippen LogP contribution in [0.2, 0.25) is 0 Å². The van der Waals surface area contributed by atoms with Gasteiger partial charge in [-0.2, -0.15) is 0 Å². The number of rotatable bonds is 2. The number of aromatic nitrogens is 1. The number of carbonyl (C=O) groups is 1. The Morgan fingerprint density at radius 3 is 2.50 bits per heavy atom. The maximum atomic E-state index is 11.0. The Hall–Kier alpha value is -1.19. The number of hydrogen-bond donors (Lipinski definition) is 2. The van der Waals surface area contributed by atoms with Crippen LogP contribution in [0.3, 0.4) is 0 Å². The van der Waals surface area contributed by atoms with Gasteiger partial charge in [0, 0.05) is 18.6 Å². The van der Waals surface area contributed by atoms with Gasteiger partial charge in [0.05, 0.1) is 21.5 Å². The summed E-state index contributed by atoms with van der Waals surface area (Å²) in [5, 5.41) is 3.96. The van der Waals surface area contributed by atoms with E-state index >= 15 is 0 Å². The maximum Gasteiger partial charge on any atom is 0.258 e. The minimum atomic E-state index is -0.395. The number of nitrogens with two attached hydrogens (primary N) is 1. The summed E-state index contributed by atoms with van der Waals surface area (Å²) in [4.78, 5) is 15.6. The predicted octanol–water partition coefficient (Wildman–Crippen LogP) is 2.95. The van der Waals surface area contributed by atoms with Crippen molar-refractivity contribution >= 4 is 42.3 Å². The van der Waals surface area contributed by atoms with Crippen LogP contribution in [0, 0.1) is 0 Å². The number of thiophene rings is 1. The van der Waals surface area contributed by atoms with Crippen LogP contribution in [0.1, 0.15) is 23.5 Å². The van der Waals surface area contributed by atoms with Gasteiger partial charge < -0.3 is 11.1 Å². The number of amides is 1. The van der Waals surface area contributed by atoms with Gasteiger partial charge in [-0.3, -0.25) is 9.78 Å². The van der Waals surface area contributed by atoms with E-state index in [9.17, 15) is 4.79 Å². The Bertz CT molecular complexity index is 499. The van der Waals surface area contributed by atoms with Gasteiger partial charge in [-0.25, -0.2) is 0 Å². The molecule has 2 aromatic heterocycles. The van der Waals surface area contributed by atoms with Gasteiger partial charge in [-0.05, 0) is 6.07 Å². The van der Waals surface area contributed by atoms with Crippen LogP contribution in [0.4, 0.5) is 5.69 Å². The summed E-state index contributed by atoms with van der Waals surface area (Å²) >= 11 is 1.38. The highest BCUT2D eigenvalue weighted by molar-refractivity contribution is 7.21. The SMILES string of the molecule is CC.CNc1cncc2cc(C(N)=O)sc12.CP. The van der Waals surface area contributed by atoms with Crippen LogP contribution in [0.25, 0.3) is 10.1 Å². The summed E-state index contributed by atoms with van der Waals surface area (Å²) in [6.45, 7) is 5.92. The van der Waals surface area contributed by atoms with Crippen molar-refractivity contribution in [3.63, 3.8) is 0 Å². The molecule has 1 atom stereocenters. The summed E-state index contributed by atoms with van der Waals surface area (Å²) in [6.07, 6.45) is 3.45. The zero-order chi connectivity index (χ0) is 14.1. The highest BCUT2D eigenvalue weighted by Gasteiger charge is 2.09. The lowest BCUT2D eigenvalue weighted by molar-refractivity contribution is 0.100. The minimum Gasteiger partial charge on any atom is -0.386 e. The van der Waals surface area contributed by atoms with Crippen LogP contribution in [-0.2, 0) is 0 Å². The second kappa shape index (κ2) is 8.84. The van der Waals surface area contributed by atoms with E-state index in [1.807, 2.05) is 27.6 Å². The maximum absolute atomic E-state index is 11.0. The lowest BCUT2D eigenvalue weighted by Gasteiger charge is -1.98. The van der Waals surface area contributed by atoms with Crippen molar-refractivity contribution in [1.29, 1.82) is 0 Å². The van der Waals surface area contributed by atoms with Crippen molar-refractivity contribution in [3.05, 3.63) is 23.3 Å². The van der Waals surface area contributed by atoms with E-state index in [0.29, 0.717) is 4.88 Å². The zero-order valence-electron chi connectivity index (χ0n) is 11.2. The molecule has 0 aromatic carbocycles. The van der Waals surface area contributed by atoms with Gasteiger partial charge in [0.15, 0.2) is 0 Å². The number of fused-ring (bicyclic) bond motifs is 1. The average Bonchev–Trinajstić information content (AvgIpc) is 2.87. The van der Waals surface area contributed by atoms with Gasteiger partial charge in [0.1, 0.15) is 0 Å². The fourth-order valence-corrected chi connectivity index (χ4v) is 2.26. The van der Waals surface area contributed by atoms with Crippen LogP contribution in [0.5, 0.6) is 0 Å². The highest BCUT2D eigenvalue weighted by Crippen LogP contribution is 2.30. The van der Waals surface area contributed by atoms with Crippen molar-refractivity contribution in [2.75, 3.05) is 19.0 Å². The molecular weight excluding hydrogens is 265 g/mol. The Kier molecular flexibility index (Phi) is 8.25. The molecule has 1 amide bonds. The third-order valence-electron chi connectivity index (χ3n) is 1.93. The molecule has 100 valence electrons. The molecule has 2 rings (SSSR count). The smallest absolute Gasteiger partial charge is 0.258 e. The summed E-state index contributed by atoms with van der Waals surface area (Å²) in [7, 11) is 4.24. The quantitative estimate of drug-likeness (QED) is 0.834. The van der Waals surface area contributed by atoms with Crippen LogP contribution in [0.15, 0.2) is 18.5 Å². The first-order valence-corrected chi connectivity index (χ1v) is 7.62. The number of nitrogens with zero attached hydrogens (tertiary/aromatic N) is 1. The van der Waals surface area contributed by atoms with E-state index in [2.05, 4.69) is 19.5 Å². The number of carbonyl (C=O) groups excluding carboxylic acids is 1. The van der Waals surface area contributed by atoms with Crippen molar-refractivity contribution in [1.82, 2.24) is 4.98 Å². The molecule has 0 saturated carbocycles.